The second kappa shape index (κ2) is 7.61. The van der Waals surface area contributed by atoms with Gasteiger partial charge in [-0.1, -0.05) is 35.5 Å². The van der Waals surface area contributed by atoms with Crippen LogP contribution in [0.25, 0.3) is 5.69 Å². The molecule has 0 amide bonds. The number of Topliss-reactive ketones (excluding diaryl/α,β-unsaturated/α-hetero) is 1. The third-order valence-corrected chi connectivity index (χ3v) is 3.87. The number of benzene rings is 2. The van der Waals surface area contributed by atoms with Gasteiger partial charge in [-0.25, -0.2) is 0 Å². The highest BCUT2D eigenvalue weighted by atomic mass is 16.5. The van der Waals surface area contributed by atoms with Gasteiger partial charge in [0.2, 0.25) is 0 Å². The molecule has 0 aliphatic heterocycles. The van der Waals surface area contributed by atoms with Gasteiger partial charge in [-0.2, -0.15) is 4.68 Å². The van der Waals surface area contributed by atoms with E-state index in [-0.39, 0.29) is 5.78 Å². The first-order valence-electron chi connectivity index (χ1n) is 8.08. The van der Waals surface area contributed by atoms with Crippen LogP contribution in [0.2, 0.25) is 0 Å². The van der Waals surface area contributed by atoms with Gasteiger partial charge < -0.3 is 10.1 Å². The zero-order chi connectivity index (χ0) is 17.6. The topological polar surface area (TPSA) is 69.0 Å². The van der Waals surface area contributed by atoms with Crippen LogP contribution in [0.5, 0.6) is 5.75 Å². The molecular weight excluding hydrogens is 316 g/mol. The van der Waals surface area contributed by atoms with E-state index in [1.165, 1.54) is 12.5 Å². The summed E-state index contributed by atoms with van der Waals surface area (Å²) in [5.74, 6) is 1.24. The van der Waals surface area contributed by atoms with Crippen molar-refractivity contribution in [3.05, 3.63) is 65.9 Å². The lowest BCUT2D eigenvalue weighted by atomic mass is 10.1. The van der Waals surface area contributed by atoms with Gasteiger partial charge >= 0.3 is 0 Å². The maximum atomic E-state index is 11.9. The Kier molecular flexibility index (Phi) is 5.09. The molecule has 0 fully saturated rings. The number of nitrogens with one attached hydrogen (secondary N) is 1. The zero-order valence-electron chi connectivity index (χ0n) is 14.3. The predicted molar refractivity (Wildman–Crippen MR) is 96.6 cm³/mol. The monoisotopic (exact) mass is 336 g/mol. The first-order valence-corrected chi connectivity index (χ1v) is 8.08. The maximum absolute atomic E-state index is 11.9. The first kappa shape index (κ1) is 16.7. The Labute approximate surface area is 146 Å². The van der Waals surface area contributed by atoms with E-state index in [1.54, 1.807) is 11.8 Å². The number of aromatic nitrogens is 3. The van der Waals surface area contributed by atoms with E-state index in [9.17, 15) is 4.79 Å². The van der Waals surface area contributed by atoms with Crippen LogP contribution >= 0.6 is 0 Å². The van der Waals surface area contributed by atoms with Crippen molar-refractivity contribution < 1.29 is 9.53 Å². The highest BCUT2D eigenvalue weighted by Crippen LogP contribution is 2.21. The molecule has 0 aliphatic rings. The van der Waals surface area contributed by atoms with Crippen molar-refractivity contribution in [1.82, 2.24) is 15.0 Å². The Morgan fingerprint density at radius 2 is 1.84 bits per heavy atom. The van der Waals surface area contributed by atoms with Gasteiger partial charge in [0, 0.05) is 13.5 Å². The lowest BCUT2D eigenvalue weighted by Crippen LogP contribution is -2.12. The second-order valence-electron chi connectivity index (χ2n) is 5.62. The van der Waals surface area contributed by atoms with Crippen molar-refractivity contribution in [1.29, 1.82) is 0 Å². The summed E-state index contributed by atoms with van der Waals surface area (Å²) >= 11 is 0. The number of anilines is 1. The predicted octanol–water partition coefficient (Wildman–Crippen LogP) is 3.13. The van der Waals surface area contributed by atoms with Crippen LogP contribution in [0.3, 0.4) is 0 Å². The Bertz CT molecular complexity index is 842. The molecule has 128 valence electrons. The van der Waals surface area contributed by atoms with E-state index in [4.69, 9.17) is 4.74 Å². The molecule has 1 aromatic heterocycles. The highest BCUT2D eigenvalue weighted by molar-refractivity contribution is 5.96. The van der Waals surface area contributed by atoms with Crippen LogP contribution in [0, 0.1) is 0 Å². The quantitative estimate of drug-likeness (QED) is 0.671. The fourth-order valence-corrected chi connectivity index (χ4v) is 2.55. The lowest BCUT2D eigenvalue weighted by molar-refractivity contribution is 0.101. The van der Waals surface area contributed by atoms with Gasteiger partial charge in [0.15, 0.2) is 17.3 Å². The minimum atomic E-state index is -0.123. The molecule has 0 saturated heterocycles. The molecular formula is C19H20N4O2. The summed E-state index contributed by atoms with van der Waals surface area (Å²) in [5.41, 5.74) is 2.37. The number of hydrogen-bond donors (Lipinski definition) is 1. The Morgan fingerprint density at radius 1 is 1.12 bits per heavy atom. The van der Waals surface area contributed by atoms with Crippen molar-refractivity contribution >= 4 is 11.6 Å². The normalized spacial score (nSPS) is 10.5. The molecule has 3 rings (SSSR count). The van der Waals surface area contributed by atoms with E-state index >= 15 is 0 Å². The van der Waals surface area contributed by atoms with Gasteiger partial charge in [-0.3, -0.25) is 4.79 Å². The average molecular weight is 336 g/mol. The summed E-state index contributed by atoms with van der Waals surface area (Å²) in [6, 6.07) is 17.6. The molecule has 25 heavy (non-hydrogen) atoms. The van der Waals surface area contributed by atoms with Crippen LogP contribution in [-0.4, -0.2) is 34.4 Å². The molecule has 1 heterocycles. The summed E-state index contributed by atoms with van der Waals surface area (Å²) in [7, 11) is 1.62. The lowest BCUT2D eigenvalue weighted by Gasteiger charge is -2.10. The summed E-state index contributed by atoms with van der Waals surface area (Å²) < 4.78 is 6.82. The standard InChI is InChI=1S/C19H20N4O2/c1-14(24)18-19(20-13-12-15-6-4-3-5-7-15)23(22-21-18)16-8-10-17(25-2)11-9-16/h3-11,20H,12-13H2,1-2H3. The molecule has 3 aromatic rings. The average Bonchev–Trinajstić information content (AvgIpc) is 3.07. The van der Waals surface area contributed by atoms with Crippen LogP contribution in [0.4, 0.5) is 5.82 Å². The Morgan fingerprint density at radius 3 is 2.48 bits per heavy atom. The number of rotatable bonds is 7. The number of methoxy groups -OCH3 is 1. The molecule has 0 unspecified atom stereocenters. The molecule has 0 spiro atoms. The fourth-order valence-electron chi connectivity index (χ4n) is 2.55. The summed E-state index contributed by atoms with van der Waals surface area (Å²) in [5, 5.41) is 11.5. The SMILES string of the molecule is COc1ccc(-n2nnc(C(C)=O)c2NCCc2ccccc2)cc1. The van der Waals surface area contributed by atoms with Crippen LogP contribution < -0.4 is 10.1 Å². The summed E-state index contributed by atoms with van der Waals surface area (Å²) in [4.78, 5) is 11.9. The zero-order valence-corrected chi connectivity index (χ0v) is 14.3. The molecule has 0 radical (unpaired) electrons. The van der Waals surface area contributed by atoms with Gasteiger partial charge in [-0.15, -0.1) is 5.10 Å². The second-order valence-corrected chi connectivity index (χ2v) is 5.62. The molecule has 0 bridgehead atoms. The van der Waals surface area contributed by atoms with Gasteiger partial charge in [-0.05, 0) is 36.2 Å². The summed E-state index contributed by atoms with van der Waals surface area (Å²) in [6.45, 7) is 2.17. The van der Waals surface area contributed by atoms with E-state index in [0.717, 1.165) is 17.9 Å². The number of carbonyl (C=O) groups excluding carboxylic acids is 1. The number of carbonyl (C=O) groups is 1. The van der Waals surface area contributed by atoms with E-state index < -0.39 is 0 Å². The van der Waals surface area contributed by atoms with Crippen molar-refractivity contribution in [2.75, 3.05) is 19.0 Å². The molecule has 0 saturated carbocycles. The molecule has 6 nitrogen and oxygen atoms in total. The number of nitrogens with zero attached hydrogens (tertiary/aromatic N) is 3. The van der Waals surface area contributed by atoms with E-state index in [0.29, 0.717) is 18.1 Å². The molecule has 2 aromatic carbocycles. The minimum Gasteiger partial charge on any atom is -0.497 e. The van der Waals surface area contributed by atoms with Crippen LogP contribution in [0.1, 0.15) is 23.0 Å². The highest BCUT2D eigenvalue weighted by Gasteiger charge is 2.17. The van der Waals surface area contributed by atoms with E-state index in [1.807, 2.05) is 42.5 Å². The van der Waals surface area contributed by atoms with Crippen LogP contribution in [-0.2, 0) is 6.42 Å². The van der Waals surface area contributed by atoms with Gasteiger partial charge in [0.25, 0.3) is 0 Å². The molecule has 0 atom stereocenters. The van der Waals surface area contributed by atoms with Crippen molar-refractivity contribution in [3.8, 4) is 11.4 Å². The smallest absolute Gasteiger partial charge is 0.183 e. The number of hydrogen-bond acceptors (Lipinski definition) is 5. The minimum absolute atomic E-state index is 0.123. The van der Waals surface area contributed by atoms with Crippen molar-refractivity contribution in [2.45, 2.75) is 13.3 Å². The molecule has 6 heteroatoms. The Hall–Kier alpha value is -3.15. The third kappa shape index (κ3) is 3.85. The first-order chi connectivity index (χ1) is 12.2. The fraction of sp³-hybridized carbons (Fsp3) is 0.211. The van der Waals surface area contributed by atoms with Crippen LogP contribution in [0.15, 0.2) is 54.6 Å². The van der Waals surface area contributed by atoms with Gasteiger partial charge in [0.05, 0.1) is 12.8 Å². The van der Waals surface area contributed by atoms with Crippen molar-refractivity contribution in [2.24, 2.45) is 0 Å². The third-order valence-electron chi connectivity index (χ3n) is 3.87. The largest absolute Gasteiger partial charge is 0.497 e. The summed E-state index contributed by atoms with van der Waals surface area (Å²) in [6.07, 6.45) is 0.839. The van der Waals surface area contributed by atoms with Crippen molar-refractivity contribution in [3.63, 3.8) is 0 Å². The maximum Gasteiger partial charge on any atom is 0.183 e. The number of ether oxygens (including phenoxy) is 1. The van der Waals surface area contributed by atoms with Gasteiger partial charge in [0.1, 0.15) is 5.75 Å². The number of ketones is 1. The molecule has 1 N–H and O–H groups in total. The Balaban J connectivity index is 1.82. The van der Waals surface area contributed by atoms with E-state index in [2.05, 4.69) is 27.8 Å². The molecule has 0 aliphatic carbocycles.